The van der Waals surface area contributed by atoms with Crippen LogP contribution in [0, 0.1) is 104 Å². The Kier molecular flexibility index (Phi) is 29.5. The van der Waals surface area contributed by atoms with Crippen LogP contribution in [-0.4, -0.2) is 49.8 Å². The number of halogens is 2. The monoisotopic (exact) mass is 1840 g/mol. The molecule has 5 N–H and O–H groups in total. The number of rotatable bonds is 20. The second kappa shape index (κ2) is 43.1. The first-order chi connectivity index (χ1) is 66.3. The smallest absolute Gasteiger partial charge is 0.141 e. The van der Waals surface area contributed by atoms with Crippen molar-refractivity contribution >= 4 is 135 Å². The van der Waals surface area contributed by atoms with Gasteiger partial charge in [-0.3, -0.25) is 0 Å². The molecule has 682 valence electrons. The number of nitrogens with one attached hydrogen (secondary N) is 5. The summed E-state index contributed by atoms with van der Waals surface area (Å²) in [5.41, 5.74) is 27.0. The van der Waals surface area contributed by atoms with Gasteiger partial charge >= 0.3 is 0 Å². The highest BCUT2D eigenvalue weighted by Crippen LogP contribution is 2.40. The van der Waals surface area contributed by atoms with Crippen LogP contribution >= 0.6 is 23.2 Å². The number of aromatic nitrogens is 10. The molecule has 20 nitrogen and oxygen atoms in total. The van der Waals surface area contributed by atoms with Crippen LogP contribution in [0.2, 0.25) is 10.0 Å². The van der Waals surface area contributed by atoms with Crippen LogP contribution in [0.25, 0.3) is 54.5 Å². The molecule has 0 amide bonds. The lowest BCUT2D eigenvalue weighted by Crippen LogP contribution is -1.99. The van der Waals surface area contributed by atoms with Crippen molar-refractivity contribution in [3.05, 3.63) is 416 Å². The molecular formula is C115H103Cl2N15O5. The molecule has 22 heteroatoms. The first-order valence-electron chi connectivity index (χ1n) is 44.8. The minimum atomic E-state index is 0.640. The highest BCUT2D eigenvalue weighted by atomic mass is 35.5. The summed E-state index contributed by atoms with van der Waals surface area (Å²) in [5, 5.41) is 23.5. The van der Waals surface area contributed by atoms with Crippen molar-refractivity contribution in [2.45, 2.75) is 104 Å². The van der Waals surface area contributed by atoms with Crippen LogP contribution in [0.5, 0.6) is 57.5 Å². The van der Waals surface area contributed by atoms with E-state index in [0.717, 1.165) is 192 Å². The summed E-state index contributed by atoms with van der Waals surface area (Å²) in [7, 11) is 0. The van der Waals surface area contributed by atoms with Crippen molar-refractivity contribution < 1.29 is 23.7 Å². The third-order valence-electron chi connectivity index (χ3n) is 23.4. The fraction of sp³-hybridized carbons (Fsp3) is 0.130. The molecule has 0 unspecified atom stereocenters. The van der Waals surface area contributed by atoms with E-state index in [1.54, 1.807) is 37.7 Å². The average Bonchev–Trinajstić information content (AvgIpc) is 0.817. The molecule has 20 aromatic rings. The molecular weight excluding hydrogens is 1740 g/mol. The summed E-state index contributed by atoms with van der Waals surface area (Å²) >= 11 is 12.0. The maximum absolute atomic E-state index is 6.05. The Morgan fingerprint density at radius 3 is 0.847 bits per heavy atom. The molecule has 0 atom stereocenters. The Morgan fingerprint density at radius 2 is 0.482 bits per heavy atom. The molecule has 20 rings (SSSR count). The van der Waals surface area contributed by atoms with Crippen LogP contribution < -0.4 is 50.3 Å². The predicted molar refractivity (Wildman–Crippen MR) is 560 cm³/mol. The van der Waals surface area contributed by atoms with Crippen LogP contribution in [0.4, 0.5) is 57.5 Å². The predicted octanol–water partition coefficient (Wildman–Crippen LogP) is 31.8. The standard InChI is InChI=1S/2C23H20ClN3O.3C23H21N3O/c1-14-4-7-19(28-18-8-5-17(24)6-9-18)12-21(14)27-23-20-10-15(2)16(3)11-22(20)25-13-26-23;1-14-7-8-19(28-18-6-4-5-17(24)11-18)12-21(14)27-23-20-9-15(2)16(3)10-22(20)25-13-26-23;1-15-9-18(13-20(10-15)27-19-7-5-4-6-8-19)26-23-21-11-16(2)17(3)12-22(21)24-14-25-23;1-15-9-10-18(13-22(15)27-19-7-5-4-6-8-19)26-23-20-11-16(2)17(3)12-21(20)24-14-25-23;1-15-9-10-19(27-18-7-5-4-6-8-18)13-21(15)26-23-20-11-16(2)17(3)12-22(20)24-14-25-23/h2*4-13H,1-3H3,(H,25,26,27);3*4-14H,1-3H3,(H,24,25,26). The molecule has 0 saturated carbocycles. The zero-order valence-electron chi connectivity index (χ0n) is 78.9. The Balaban J connectivity index is 0.000000124. The van der Waals surface area contributed by atoms with Crippen molar-refractivity contribution in [1.29, 1.82) is 0 Å². The largest absolute Gasteiger partial charge is 0.457 e. The Morgan fingerprint density at radius 1 is 0.190 bits per heavy atom. The van der Waals surface area contributed by atoms with Gasteiger partial charge in [-0.2, -0.15) is 0 Å². The third kappa shape index (κ3) is 24.2. The van der Waals surface area contributed by atoms with Gasteiger partial charge in [-0.25, -0.2) is 49.8 Å². The quantitative estimate of drug-likeness (QED) is 0.0477. The highest BCUT2D eigenvalue weighted by Gasteiger charge is 2.18. The molecule has 0 aliphatic heterocycles. The average molecular weight is 1850 g/mol. The van der Waals surface area contributed by atoms with Crippen LogP contribution in [0.3, 0.4) is 0 Å². The number of hydrogen-bond donors (Lipinski definition) is 5. The maximum Gasteiger partial charge on any atom is 0.141 e. The van der Waals surface area contributed by atoms with Gasteiger partial charge in [-0.15, -0.1) is 0 Å². The molecule has 0 spiro atoms. The van der Waals surface area contributed by atoms with Gasteiger partial charge in [-0.1, -0.05) is 108 Å². The number of fused-ring (bicyclic) bond motifs is 5. The van der Waals surface area contributed by atoms with Gasteiger partial charge in [0.1, 0.15) is 118 Å². The van der Waals surface area contributed by atoms with E-state index in [9.17, 15) is 0 Å². The molecule has 0 fully saturated rings. The van der Waals surface area contributed by atoms with E-state index >= 15 is 0 Å². The first-order valence-corrected chi connectivity index (χ1v) is 45.6. The molecule has 0 aliphatic rings. The van der Waals surface area contributed by atoms with E-state index in [0.29, 0.717) is 15.8 Å². The Bertz CT molecular complexity index is 7780. The minimum absolute atomic E-state index is 0.640. The van der Waals surface area contributed by atoms with Gasteiger partial charge in [0.2, 0.25) is 0 Å². The van der Waals surface area contributed by atoms with E-state index in [1.165, 1.54) is 55.6 Å². The zero-order chi connectivity index (χ0) is 95.8. The molecule has 5 heterocycles. The van der Waals surface area contributed by atoms with Gasteiger partial charge in [0.15, 0.2) is 0 Å². The molecule has 0 saturated heterocycles. The van der Waals surface area contributed by atoms with Crippen molar-refractivity contribution in [1.82, 2.24) is 49.8 Å². The summed E-state index contributed by atoms with van der Waals surface area (Å²) in [5.74, 6) is 11.6. The van der Waals surface area contributed by atoms with E-state index in [-0.39, 0.29) is 0 Å². The molecule has 0 bridgehead atoms. The normalized spacial score (nSPS) is 10.8. The second-order valence-electron chi connectivity index (χ2n) is 33.8. The SMILES string of the molecule is Cc1cc(Nc2ncnc3cc(C)c(C)cc23)cc(Oc2ccccc2)c1.Cc1cc2ncnc(Nc3cc(Oc4ccc(Cl)cc4)ccc3C)c2cc1C.Cc1cc2ncnc(Nc3cc(Oc4cccc(Cl)c4)ccc3C)c2cc1C.Cc1cc2ncnc(Nc3cc(Oc4ccccc4)ccc3C)c2cc1C.Cc1cc2ncnc(Nc3ccc(C)c(Oc4ccccc4)c3)c2cc1C. The Labute approximate surface area is 807 Å². The molecule has 5 aromatic heterocycles. The lowest BCUT2D eigenvalue weighted by molar-refractivity contribution is 0.479. The van der Waals surface area contributed by atoms with Crippen molar-refractivity contribution in [2.24, 2.45) is 0 Å². The number of aryl methyl sites for hydroxylation is 15. The van der Waals surface area contributed by atoms with Crippen molar-refractivity contribution in [3.8, 4) is 57.5 Å². The lowest BCUT2D eigenvalue weighted by atomic mass is 10.1. The maximum atomic E-state index is 6.05. The number of anilines is 10. The van der Waals surface area contributed by atoms with E-state index in [1.807, 2.05) is 239 Å². The third-order valence-corrected chi connectivity index (χ3v) is 23.9. The number of ether oxygens (including phenoxy) is 5. The van der Waals surface area contributed by atoms with Gasteiger partial charge < -0.3 is 50.3 Å². The van der Waals surface area contributed by atoms with Crippen LogP contribution in [0.1, 0.15) is 83.5 Å². The van der Waals surface area contributed by atoms with Gasteiger partial charge in [0, 0.05) is 95.7 Å². The fourth-order valence-corrected chi connectivity index (χ4v) is 15.3. The summed E-state index contributed by atoms with van der Waals surface area (Å²) in [6.45, 7) is 31.2. The Hall–Kier alpha value is -16.4. The minimum Gasteiger partial charge on any atom is -0.457 e. The summed E-state index contributed by atoms with van der Waals surface area (Å²) in [4.78, 5) is 44.3. The number of benzene rings is 15. The molecule has 0 aliphatic carbocycles. The van der Waals surface area contributed by atoms with Gasteiger partial charge in [-0.05, 0) is 363 Å². The highest BCUT2D eigenvalue weighted by molar-refractivity contribution is 6.31. The van der Waals surface area contributed by atoms with Crippen molar-refractivity contribution in [2.75, 3.05) is 26.6 Å². The first kappa shape index (κ1) is 93.8. The second-order valence-corrected chi connectivity index (χ2v) is 34.7. The van der Waals surface area contributed by atoms with Gasteiger partial charge in [0.05, 0.1) is 27.6 Å². The lowest BCUT2D eigenvalue weighted by Gasteiger charge is -2.14. The zero-order valence-corrected chi connectivity index (χ0v) is 80.4. The molecule has 15 aromatic carbocycles. The van der Waals surface area contributed by atoms with E-state index in [2.05, 4.69) is 226 Å². The summed E-state index contributed by atoms with van der Waals surface area (Å²) in [6.07, 6.45) is 7.95. The molecule has 0 radical (unpaired) electrons. The number of para-hydroxylation sites is 3. The number of hydrogen-bond acceptors (Lipinski definition) is 20. The van der Waals surface area contributed by atoms with Gasteiger partial charge in [0.25, 0.3) is 0 Å². The topological polar surface area (TPSA) is 235 Å². The summed E-state index contributed by atoms with van der Waals surface area (Å²) in [6, 6.07) is 95.1. The van der Waals surface area contributed by atoms with E-state index in [4.69, 9.17) is 46.9 Å². The van der Waals surface area contributed by atoms with Crippen molar-refractivity contribution in [3.63, 3.8) is 0 Å². The van der Waals surface area contributed by atoms with E-state index < -0.39 is 0 Å². The fourth-order valence-electron chi connectivity index (χ4n) is 15.0. The molecule has 137 heavy (non-hydrogen) atoms. The van der Waals surface area contributed by atoms with Crippen LogP contribution in [0.15, 0.2) is 323 Å². The summed E-state index contributed by atoms with van der Waals surface area (Å²) < 4.78 is 29.9. The van der Waals surface area contributed by atoms with Crippen LogP contribution in [-0.2, 0) is 0 Å². The number of nitrogens with zero attached hydrogens (tertiary/aromatic N) is 10.